The minimum absolute atomic E-state index is 0.139. The van der Waals surface area contributed by atoms with Crippen LogP contribution in [-0.4, -0.2) is 51.9 Å². The molecule has 1 rings (SSSR count). The molecule has 114 valence electrons. The molecular weight excluding hydrogens is 280 g/mol. The fourth-order valence-electron chi connectivity index (χ4n) is 1.90. The molecule has 6 nitrogen and oxygen atoms in total. The van der Waals surface area contributed by atoms with E-state index in [0.29, 0.717) is 0 Å². The molecule has 7 heteroatoms. The van der Waals surface area contributed by atoms with Crippen molar-refractivity contribution < 1.29 is 19.1 Å². The highest BCUT2D eigenvalue weighted by Gasteiger charge is 2.40. The smallest absolute Gasteiger partial charge is 0.324 e. The number of hydrogen-bond acceptors (Lipinski definition) is 6. The summed E-state index contributed by atoms with van der Waals surface area (Å²) in [5.41, 5.74) is 5.71. The number of hydrogen-bond donors (Lipinski definition) is 1. The van der Waals surface area contributed by atoms with Crippen molar-refractivity contribution in [3.8, 4) is 0 Å². The molecule has 1 fully saturated rings. The molecule has 0 aromatic carbocycles. The first kappa shape index (κ1) is 17.0. The second kappa shape index (κ2) is 7.08. The minimum atomic E-state index is -0.779. The van der Waals surface area contributed by atoms with Crippen LogP contribution in [0.1, 0.15) is 34.1 Å². The Labute approximate surface area is 123 Å². The number of nitrogens with two attached hydrogens (primary N) is 1. The molecule has 0 bridgehead atoms. The van der Waals surface area contributed by atoms with Crippen LogP contribution in [0.2, 0.25) is 0 Å². The standard InChI is InChI=1S/C13H22N2O4S/c1-7(2)15-11(16)5-10(12(15)17)20-6-9(14)13(18)19-8(3)4/h7-10H,5-6,14H2,1-4H3. The molecule has 0 aromatic heterocycles. The van der Waals surface area contributed by atoms with Crippen molar-refractivity contribution >= 4 is 29.5 Å². The fraction of sp³-hybridized carbons (Fsp3) is 0.769. The summed E-state index contributed by atoms with van der Waals surface area (Å²) in [4.78, 5) is 36.6. The third-order valence-electron chi connectivity index (χ3n) is 2.79. The average Bonchev–Trinajstić information content (AvgIpc) is 2.60. The van der Waals surface area contributed by atoms with Gasteiger partial charge in [-0.25, -0.2) is 0 Å². The summed E-state index contributed by atoms with van der Waals surface area (Å²) in [6.45, 7) is 7.10. The van der Waals surface area contributed by atoms with E-state index in [-0.39, 0.29) is 36.1 Å². The summed E-state index contributed by atoms with van der Waals surface area (Å²) in [6.07, 6.45) is -0.0437. The lowest BCUT2D eigenvalue weighted by atomic mass is 10.3. The molecule has 2 unspecified atom stereocenters. The monoisotopic (exact) mass is 302 g/mol. The molecule has 0 aliphatic carbocycles. The van der Waals surface area contributed by atoms with Crippen LogP contribution in [0.4, 0.5) is 0 Å². The second-order valence-electron chi connectivity index (χ2n) is 5.31. The Morgan fingerprint density at radius 2 is 2.00 bits per heavy atom. The maximum Gasteiger partial charge on any atom is 0.324 e. The van der Waals surface area contributed by atoms with E-state index in [2.05, 4.69) is 0 Å². The first-order chi connectivity index (χ1) is 9.23. The predicted octanol–water partition coefficient (Wildman–Crippen LogP) is 0.534. The highest BCUT2D eigenvalue weighted by Crippen LogP contribution is 2.27. The lowest BCUT2D eigenvalue weighted by molar-refractivity contribution is -0.148. The minimum Gasteiger partial charge on any atom is -0.462 e. The lowest BCUT2D eigenvalue weighted by Gasteiger charge is -2.19. The van der Waals surface area contributed by atoms with E-state index in [1.54, 1.807) is 27.7 Å². The Bertz CT molecular complexity index is 398. The molecule has 2 amide bonds. The molecule has 0 saturated carbocycles. The molecular formula is C13H22N2O4S. The highest BCUT2D eigenvalue weighted by molar-refractivity contribution is 8.00. The SMILES string of the molecule is CC(C)OC(=O)C(N)CSC1CC(=O)N(C(C)C)C1=O. The average molecular weight is 302 g/mol. The molecule has 2 N–H and O–H groups in total. The Kier molecular flexibility index (Phi) is 6.01. The second-order valence-corrected chi connectivity index (χ2v) is 6.55. The number of rotatable bonds is 6. The van der Waals surface area contributed by atoms with Crippen molar-refractivity contribution in [2.75, 3.05) is 5.75 Å². The molecule has 0 aromatic rings. The van der Waals surface area contributed by atoms with Gasteiger partial charge in [0.15, 0.2) is 0 Å². The number of imide groups is 1. The third kappa shape index (κ3) is 4.21. The van der Waals surface area contributed by atoms with Crippen LogP contribution in [-0.2, 0) is 19.1 Å². The van der Waals surface area contributed by atoms with E-state index in [1.165, 1.54) is 16.7 Å². The van der Waals surface area contributed by atoms with Crippen LogP contribution >= 0.6 is 11.8 Å². The van der Waals surface area contributed by atoms with Crippen LogP contribution in [0, 0.1) is 0 Å². The quantitative estimate of drug-likeness (QED) is 0.569. The Morgan fingerprint density at radius 3 is 2.45 bits per heavy atom. The van der Waals surface area contributed by atoms with Gasteiger partial charge in [-0.05, 0) is 27.7 Å². The number of thioether (sulfide) groups is 1. The van der Waals surface area contributed by atoms with Crippen LogP contribution in [0.25, 0.3) is 0 Å². The highest BCUT2D eigenvalue weighted by atomic mass is 32.2. The van der Waals surface area contributed by atoms with Crippen molar-refractivity contribution in [1.29, 1.82) is 0 Å². The van der Waals surface area contributed by atoms with E-state index < -0.39 is 17.3 Å². The number of nitrogens with zero attached hydrogens (tertiary/aromatic N) is 1. The van der Waals surface area contributed by atoms with Gasteiger partial charge in [0.2, 0.25) is 11.8 Å². The van der Waals surface area contributed by atoms with Gasteiger partial charge < -0.3 is 10.5 Å². The van der Waals surface area contributed by atoms with Crippen LogP contribution in [0.3, 0.4) is 0 Å². The Morgan fingerprint density at radius 1 is 1.40 bits per heavy atom. The molecule has 1 saturated heterocycles. The number of carbonyl (C=O) groups excluding carboxylic acids is 3. The zero-order valence-corrected chi connectivity index (χ0v) is 13.1. The van der Waals surface area contributed by atoms with Gasteiger partial charge in [-0.1, -0.05) is 0 Å². The summed E-state index contributed by atoms with van der Waals surface area (Å²) in [7, 11) is 0. The van der Waals surface area contributed by atoms with E-state index in [9.17, 15) is 14.4 Å². The molecule has 1 aliphatic rings. The van der Waals surface area contributed by atoms with Gasteiger partial charge in [0.25, 0.3) is 0 Å². The third-order valence-corrected chi connectivity index (χ3v) is 4.11. The summed E-state index contributed by atoms with van der Waals surface area (Å²) < 4.78 is 4.99. The predicted molar refractivity (Wildman–Crippen MR) is 77.1 cm³/mol. The first-order valence-corrected chi connectivity index (χ1v) is 7.72. The Hall–Kier alpha value is -1.08. The molecule has 1 heterocycles. The van der Waals surface area contributed by atoms with E-state index >= 15 is 0 Å². The first-order valence-electron chi connectivity index (χ1n) is 6.67. The molecule has 2 atom stereocenters. The van der Waals surface area contributed by atoms with E-state index in [0.717, 1.165) is 0 Å². The van der Waals surface area contributed by atoms with Crippen molar-refractivity contribution in [2.24, 2.45) is 5.73 Å². The molecule has 20 heavy (non-hydrogen) atoms. The van der Waals surface area contributed by atoms with Gasteiger partial charge >= 0.3 is 5.97 Å². The molecule has 0 spiro atoms. The van der Waals surface area contributed by atoms with Crippen molar-refractivity contribution in [1.82, 2.24) is 4.90 Å². The number of likely N-dealkylation sites (tertiary alicyclic amines) is 1. The van der Waals surface area contributed by atoms with Gasteiger partial charge in [0, 0.05) is 18.2 Å². The van der Waals surface area contributed by atoms with Gasteiger partial charge in [0.05, 0.1) is 11.4 Å². The number of esters is 1. The van der Waals surface area contributed by atoms with Crippen LogP contribution in [0.5, 0.6) is 0 Å². The topological polar surface area (TPSA) is 89.7 Å². The van der Waals surface area contributed by atoms with E-state index in [4.69, 9.17) is 10.5 Å². The largest absolute Gasteiger partial charge is 0.462 e. The lowest BCUT2D eigenvalue weighted by Crippen LogP contribution is -2.38. The molecule has 1 aliphatic heterocycles. The van der Waals surface area contributed by atoms with Crippen molar-refractivity contribution in [3.05, 3.63) is 0 Å². The summed E-state index contributed by atoms with van der Waals surface area (Å²) in [6, 6.07) is -0.918. The van der Waals surface area contributed by atoms with Crippen LogP contribution in [0.15, 0.2) is 0 Å². The maximum atomic E-state index is 12.0. The Balaban J connectivity index is 2.49. The van der Waals surface area contributed by atoms with Gasteiger partial charge in [-0.3, -0.25) is 19.3 Å². The number of carbonyl (C=O) groups is 3. The van der Waals surface area contributed by atoms with Gasteiger partial charge in [-0.2, -0.15) is 0 Å². The van der Waals surface area contributed by atoms with Crippen molar-refractivity contribution in [3.63, 3.8) is 0 Å². The fourth-order valence-corrected chi connectivity index (χ4v) is 2.99. The normalized spacial score (nSPS) is 20.9. The zero-order valence-electron chi connectivity index (χ0n) is 12.3. The number of amides is 2. The van der Waals surface area contributed by atoms with Crippen molar-refractivity contribution in [2.45, 2.75) is 57.6 Å². The summed E-state index contributed by atoms with van der Waals surface area (Å²) in [5.74, 6) is -0.577. The van der Waals surface area contributed by atoms with Crippen LogP contribution < -0.4 is 5.73 Å². The molecule has 0 radical (unpaired) electrons. The zero-order chi connectivity index (χ0) is 15.4. The van der Waals surface area contributed by atoms with E-state index in [1.807, 2.05) is 0 Å². The summed E-state index contributed by atoms with van der Waals surface area (Å²) >= 11 is 1.24. The summed E-state index contributed by atoms with van der Waals surface area (Å²) in [5, 5.41) is -0.442. The van der Waals surface area contributed by atoms with Gasteiger partial charge in [0.1, 0.15) is 6.04 Å². The number of ether oxygens (including phenoxy) is 1. The maximum absolute atomic E-state index is 12.0. The van der Waals surface area contributed by atoms with Gasteiger partial charge in [-0.15, -0.1) is 11.8 Å².